The average Bonchev–Trinajstić information content (AvgIpc) is 3.42. The molecule has 0 spiro atoms. The third-order valence-corrected chi connectivity index (χ3v) is 8.13. The zero-order valence-corrected chi connectivity index (χ0v) is 19.2. The van der Waals surface area contributed by atoms with Crippen LogP contribution in [0.15, 0.2) is 65.8 Å². The van der Waals surface area contributed by atoms with Crippen LogP contribution in [0.4, 0.5) is 0 Å². The maximum Gasteiger partial charge on any atom is 0.277 e. The van der Waals surface area contributed by atoms with E-state index in [2.05, 4.69) is 52.3 Å². The summed E-state index contributed by atoms with van der Waals surface area (Å²) in [5.74, 6) is 2.79. The summed E-state index contributed by atoms with van der Waals surface area (Å²) < 4.78 is 8.26. The van der Waals surface area contributed by atoms with E-state index < -0.39 is 0 Å². The van der Waals surface area contributed by atoms with Crippen molar-refractivity contribution in [3.05, 3.63) is 83.2 Å². The second kappa shape index (κ2) is 10.1. The Kier molecular flexibility index (Phi) is 7.04. The van der Waals surface area contributed by atoms with Gasteiger partial charge in [0.25, 0.3) is 5.91 Å². The molecule has 5 nitrogen and oxygen atoms in total. The molecular weight excluding hydrogens is 426 g/mol. The largest absolute Gasteiger partial charge is 0.484 e. The molecule has 0 unspecified atom stereocenters. The Hall–Kier alpha value is -2.64. The van der Waals surface area contributed by atoms with Crippen molar-refractivity contribution in [2.45, 2.75) is 18.4 Å². The third-order valence-electron chi connectivity index (χ3n) is 5.02. The van der Waals surface area contributed by atoms with Crippen molar-refractivity contribution in [1.29, 1.82) is 0 Å². The van der Waals surface area contributed by atoms with E-state index in [1.807, 2.05) is 60.8 Å². The number of thioether (sulfide) groups is 2. The lowest BCUT2D eigenvalue weighted by Crippen LogP contribution is -2.24. The number of aryl methyl sites for hydroxylation is 1. The van der Waals surface area contributed by atoms with Gasteiger partial charge >= 0.3 is 0 Å². The van der Waals surface area contributed by atoms with Crippen molar-refractivity contribution < 1.29 is 9.53 Å². The van der Waals surface area contributed by atoms with E-state index in [0.717, 1.165) is 22.6 Å². The fourth-order valence-corrected chi connectivity index (χ4v) is 6.38. The van der Waals surface area contributed by atoms with Crippen molar-refractivity contribution in [2.75, 3.05) is 18.1 Å². The molecule has 2 aromatic carbocycles. The number of ether oxygens (including phenoxy) is 1. The molecule has 0 aliphatic carbocycles. The van der Waals surface area contributed by atoms with Gasteiger partial charge in [-0.25, -0.2) is 5.43 Å². The van der Waals surface area contributed by atoms with Crippen LogP contribution in [-0.2, 0) is 4.79 Å². The number of rotatable bonds is 7. The summed E-state index contributed by atoms with van der Waals surface area (Å²) in [6.07, 6.45) is 1.67. The maximum absolute atomic E-state index is 12.1. The van der Waals surface area contributed by atoms with E-state index in [0.29, 0.717) is 10.3 Å². The summed E-state index contributed by atoms with van der Waals surface area (Å²) in [6.45, 7) is 4.02. The number of para-hydroxylation sites is 1. The van der Waals surface area contributed by atoms with E-state index >= 15 is 0 Å². The Balaban J connectivity index is 1.30. The number of aromatic nitrogens is 1. The van der Waals surface area contributed by atoms with Crippen LogP contribution in [-0.4, -0.2) is 34.8 Å². The van der Waals surface area contributed by atoms with Crippen LogP contribution in [0.3, 0.4) is 0 Å². The topological polar surface area (TPSA) is 55.6 Å². The van der Waals surface area contributed by atoms with Gasteiger partial charge in [-0.1, -0.05) is 30.3 Å². The summed E-state index contributed by atoms with van der Waals surface area (Å²) in [7, 11) is 0. The van der Waals surface area contributed by atoms with Gasteiger partial charge in [0.15, 0.2) is 6.61 Å². The first kappa shape index (κ1) is 21.6. The highest BCUT2D eigenvalue weighted by molar-refractivity contribution is 8.19. The Morgan fingerprint density at radius 1 is 1.13 bits per heavy atom. The standard InChI is InChI=1S/C24H25N3O2S2/c1-17-14-20(18(2)27(17)21-6-4-3-5-7-21)15-25-26-23(28)16-29-22-10-8-19(9-11-22)24-30-12-13-31-24/h3-11,14-15,24H,12-13,16H2,1-2H3,(H,26,28)/b25-15+. The molecule has 1 fully saturated rings. The number of carbonyl (C=O) groups excluding carboxylic acids is 1. The highest BCUT2D eigenvalue weighted by Gasteiger charge is 2.18. The number of amides is 1. The lowest BCUT2D eigenvalue weighted by molar-refractivity contribution is -0.123. The first-order chi connectivity index (χ1) is 15.1. The van der Waals surface area contributed by atoms with Crippen LogP contribution in [0.25, 0.3) is 5.69 Å². The molecule has 2 heterocycles. The van der Waals surface area contributed by atoms with Crippen molar-refractivity contribution in [2.24, 2.45) is 5.10 Å². The van der Waals surface area contributed by atoms with Crippen LogP contribution in [0, 0.1) is 13.8 Å². The van der Waals surface area contributed by atoms with Crippen molar-refractivity contribution in [1.82, 2.24) is 9.99 Å². The number of hydrazone groups is 1. The molecule has 7 heteroatoms. The van der Waals surface area contributed by atoms with Crippen LogP contribution >= 0.6 is 23.5 Å². The molecule has 1 aliphatic heterocycles. The van der Waals surface area contributed by atoms with Crippen LogP contribution in [0.2, 0.25) is 0 Å². The predicted molar refractivity (Wildman–Crippen MR) is 131 cm³/mol. The molecule has 1 aliphatic rings. The van der Waals surface area contributed by atoms with Gasteiger partial charge in [-0.2, -0.15) is 5.10 Å². The van der Waals surface area contributed by atoms with Gasteiger partial charge in [0.1, 0.15) is 5.75 Å². The minimum Gasteiger partial charge on any atom is -0.484 e. The third kappa shape index (κ3) is 5.35. The second-order valence-corrected chi connectivity index (χ2v) is 9.95. The summed E-state index contributed by atoms with van der Waals surface area (Å²) in [5.41, 5.74) is 8.07. The molecule has 0 atom stereocenters. The Morgan fingerprint density at radius 2 is 1.84 bits per heavy atom. The van der Waals surface area contributed by atoms with E-state index in [4.69, 9.17) is 4.74 Å². The van der Waals surface area contributed by atoms with Gasteiger partial charge in [0.05, 0.1) is 10.8 Å². The lowest BCUT2D eigenvalue weighted by atomic mass is 10.2. The summed E-state index contributed by atoms with van der Waals surface area (Å²) in [6, 6.07) is 20.2. The summed E-state index contributed by atoms with van der Waals surface area (Å²) in [5, 5.41) is 4.11. The molecule has 0 bridgehead atoms. The molecule has 1 N–H and O–H groups in total. The quantitative estimate of drug-likeness (QED) is 0.401. The number of benzene rings is 2. The highest BCUT2D eigenvalue weighted by Crippen LogP contribution is 2.45. The van der Waals surface area contributed by atoms with E-state index in [9.17, 15) is 4.79 Å². The molecule has 1 saturated heterocycles. The molecule has 160 valence electrons. The number of nitrogens with zero attached hydrogens (tertiary/aromatic N) is 2. The van der Waals surface area contributed by atoms with E-state index in [-0.39, 0.29) is 12.5 Å². The first-order valence-corrected chi connectivity index (χ1v) is 12.2. The zero-order chi connectivity index (χ0) is 21.6. The van der Waals surface area contributed by atoms with Gasteiger partial charge in [0, 0.05) is 34.1 Å². The fraction of sp³-hybridized carbons (Fsp3) is 0.250. The number of hydrogen-bond acceptors (Lipinski definition) is 5. The monoisotopic (exact) mass is 451 g/mol. The minimum absolute atomic E-state index is 0.0767. The molecule has 4 rings (SSSR count). The van der Waals surface area contributed by atoms with Crippen molar-refractivity contribution in [3.63, 3.8) is 0 Å². The molecule has 0 radical (unpaired) electrons. The Morgan fingerprint density at radius 3 is 2.55 bits per heavy atom. The SMILES string of the molecule is Cc1cc(/C=N/NC(=O)COc2ccc(C3SCCS3)cc2)c(C)n1-c1ccccc1. The molecule has 31 heavy (non-hydrogen) atoms. The number of hydrogen-bond donors (Lipinski definition) is 1. The van der Waals surface area contributed by atoms with Gasteiger partial charge in [0.2, 0.25) is 0 Å². The van der Waals surface area contributed by atoms with Gasteiger partial charge in [-0.15, -0.1) is 23.5 Å². The van der Waals surface area contributed by atoms with Gasteiger partial charge in [-0.3, -0.25) is 4.79 Å². The van der Waals surface area contributed by atoms with Crippen LogP contribution in [0.1, 0.15) is 27.1 Å². The lowest BCUT2D eigenvalue weighted by Gasteiger charge is -2.10. The van der Waals surface area contributed by atoms with E-state index in [1.54, 1.807) is 6.21 Å². The summed E-state index contributed by atoms with van der Waals surface area (Å²) >= 11 is 3.94. The summed E-state index contributed by atoms with van der Waals surface area (Å²) in [4.78, 5) is 12.1. The molecular formula is C24H25N3O2S2. The predicted octanol–water partition coefficient (Wildman–Crippen LogP) is 5.10. The number of nitrogens with one attached hydrogen (secondary N) is 1. The van der Waals surface area contributed by atoms with Crippen molar-refractivity contribution >= 4 is 35.6 Å². The molecule has 1 aromatic heterocycles. The second-order valence-electron chi connectivity index (χ2n) is 7.22. The van der Waals surface area contributed by atoms with Gasteiger partial charge < -0.3 is 9.30 Å². The number of carbonyl (C=O) groups is 1. The van der Waals surface area contributed by atoms with Gasteiger partial charge in [-0.05, 0) is 49.7 Å². The van der Waals surface area contributed by atoms with Crippen LogP contribution in [0.5, 0.6) is 5.75 Å². The highest BCUT2D eigenvalue weighted by atomic mass is 32.2. The normalized spacial score (nSPS) is 14.3. The average molecular weight is 452 g/mol. The Labute approximate surface area is 191 Å². The smallest absolute Gasteiger partial charge is 0.277 e. The molecule has 1 amide bonds. The van der Waals surface area contributed by atoms with Crippen LogP contribution < -0.4 is 10.2 Å². The maximum atomic E-state index is 12.1. The Bertz CT molecular complexity index is 1060. The first-order valence-electron chi connectivity index (χ1n) is 10.1. The molecule has 0 saturated carbocycles. The van der Waals surface area contributed by atoms with E-state index in [1.165, 1.54) is 17.1 Å². The zero-order valence-electron chi connectivity index (χ0n) is 17.6. The minimum atomic E-state index is -0.293. The molecule has 3 aromatic rings. The van der Waals surface area contributed by atoms with Crippen molar-refractivity contribution in [3.8, 4) is 11.4 Å². The fourth-order valence-electron chi connectivity index (χ4n) is 3.52.